The zero-order chi connectivity index (χ0) is 18.5. The summed E-state index contributed by atoms with van der Waals surface area (Å²) in [4.78, 5) is 17.6. The number of benzene rings is 1. The molecule has 1 aromatic heterocycles. The summed E-state index contributed by atoms with van der Waals surface area (Å²) in [5.74, 6) is -0.163. The van der Waals surface area contributed by atoms with Gasteiger partial charge in [-0.15, -0.1) is 0 Å². The molecule has 0 unspecified atom stereocenters. The summed E-state index contributed by atoms with van der Waals surface area (Å²) in [6.07, 6.45) is 1.95. The molecule has 4 heterocycles. The minimum atomic E-state index is -0.248. The number of para-hydroxylation sites is 1. The smallest absolute Gasteiger partial charge is 0.284 e. The van der Waals surface area contributed by atoms with E-state index in [1.165, 1.54) is 22.1 Å². The van der Waals surface area contributed by atoms with Crippen LogP contribution in [-0.4, -0.2) is 32.0 Å². The van der Waals surface area contributed by atoms with E-state index in [1.807, 2.05) is 24.3 Å². The second-order valence-corrected chi connectivity index (χ2v) is 7.76. The number of fused-ring (bicyclic) bond motifs is 2. The van der Waals surface area contributed by atoms with Crippen LogP contribution in [-0.2, 0) is 11.3 Å². The minimum absolute atomic E-state index is 0.0215. The van der Waals surface area contributed by atoms with Gasteiger partial charge in [-0.1, -0.05) is 23.5 Å². The van der Waals surface area contributed by atoms with Crippen LogP contribution in [0.5, 0.6) is 5.88 Å². The second kappa shape index (κ2) is 6.17. The zero-order valence-electron chi connectivity index (χ0n) is 14.7. The van der Waals surface area contributed by atoms with E-state index in [1.54, 1.807) is 11.5 Å². The van der Waals surface area contributed by atoms with Gasteiger partial charge in [-0.25, -0.2) is 4.98 Å². The predicted octanol–water partition coefficient (Wildman–Crippen LogP) is 2.31. The van der Waals surface area contributed by atoms with Crippen LogP contribution in [0.2, 0.25) is 0 Å². The Bertz CT molecular complexity index is 1140. The largest absolute Gasteiger partial charge is 0.860 e. The Labute approximate surface area is 158 Å². The number of thiazole rings is 1. The van der Waals surface area contributed by atoms with Gasteiger partial charge in [0.05, 0.1) is 27.6 Å². The fraction of sp³-hybridized carbons (Fsp3) is 0.316. The van der Waals surface area contributed by atoms with Crippen LogP contribution in [0, 0.1) is 6.92 Å². The van der Waals surface area contributed by atoms with Gasteiger partial charge in [-0.3, -0.25) is 4.79 Å². The van der Waals surface area contributed by atoms with E-state index >= 15 is 0 Å². The first-order chi connectivity index (χ1) is 13.1. The molecule has 1 atom stereocenters. The molecule has 1 fully saturated rings. The van der Waals surface area contributed by atoms with Gasteiger partial charge in [-0.05, 0) is 43.8 Å². The highest BCUT2D eigenvalue weighted by Crippen LogP contribution is 2.29. The Kier molecular flexibility index (Phi) is 3.76. The van der Waals surface area contributed by atoms with Gasteiger partial charge >= 0.3 is 0 Å². The molecule has 1 saturated heterocycles. The Morgan fingerprint density at radius 1 is 1.37 bits per heavy atom. The molecule has 138 valence electrons. The SMILES string of the molecule is Cc1c2c(=O)n(-c3nc4ccccc4s3)nc-2cc([O-])n1C[C@@H]1CCCO1. The standard InChI is InChI=1S/C19H18N4O3S/c1-11-17-14(9-16(24)22(11)10-12-5-4-8-26-12)21-23(18(17)25)19-20-13-6-2-3-7-15(13)27-19/h2-3,6-7,9,12,24H,4-5,8,10H2,1H3/p-1/t12-/m0/s1. The van der Waals surface area contributed by atoms with Crippen LogP contribution in [0.3, 0.4) is 0 Å². The summed E-state index contributed by atoms with van der Waals surface area (Å²) in [5.41, 5.74) is 2.08. The van der Waals surface area contributed by atoms with Crippen LogP contribution in [0.4, 0.5) is 0 Å². The lowest BCUT2D eigenvalue weighted by molar-refractivity contribution is -0.280. The summed E-state index contributed by atoms with van der Waals surface area (Å²) in [7, 11) is 0. The van der Waals surface area contributed by atoms with E-state index in [0.717, 1.165) is 29.7 Å². The molecule has 0 spiro atoms. The van der Waals surface area contributed by atoms with Gasteiger partial charge < -0.3 is 14.4 Å². The van der Waals surface area contributed by atoms with Crippen LogP contribution in [0.25, 0.3) is 26.6 Å². The number of aromatic nitrogens is 4. The van der Waals surface area contributed by atoms with Crippen molar-refractivity contribution >= 4 is 21.6 Å². The highest BCUT2D eigenvalue weighted by molar-refractivity contribution is 7.20. The maximum atomic E-state index is 13.0. The van der Waals surface area contributed by atoms with E-state index in [4.69, 9.17) is 4.74 Å². The first-order valence-corrected chi connectivity index (χ1v) is 9.71. The first-order valence-electron chi connectivity index (χ1n) is 8.89. The lowest BCUT2D eigenvalue weighted by Crippen LogP contribution is -2.22. The third-order valence-corrected chi connectivity index (χ3v) is 6.05. The summed E-state index contributed by atoms with van der Waals surface area (Å²) in [5, 5.41) is 17.5. The van der Waals surface area contributed by atoms with Crippen molar-refractivity contribution in [1.82, 2.24) is 19.3 Å². The molecule has 3 aliphatic rings. The second-order valence-electron chi connectivity index (χ2n) is 6.75. The maximum absolute atomic E-state index is 13.0. The number of rotatable bonds is 3. The minimum Gasteiger partial charge on any atom is -0.860 e. The molecule has 8 heteroatoms. The summed E-state index contributed by atoms with van der Waals surface area (Å²) >= 11 is 1.40. The van der Waals surface area contributed by atoms with Gasteiger partial charge in [0, 0.05) is 18.8 Å². The lowest BCUT2D eigenvalue weighted by atomic mass is 10.1. The number of ether oxygens (including phenoxy) is 1. The molecular formula is C19H17N4O3S-. The summed E-state index contributed by atoms with van der Waals surface area (Å²) in [6, 6.07) is 9.14. The molecule has 0 bridgehead atoms. The Hall–Kier alpha value is -2.71. The summed E-state index contributed by atoms with van der Waals surface area (Å²) < 4.78 is 9.57. The average molecular weight is 381 g/mol. The molecule has 0 aliphatic carbocycles. The maximum Gasteiger partial charge on any atom is 0.284 e. The van der Waals surface area contributed by atoms with Gasteiger partial charge in [0.25, 0.3) is 5.56 Å². The quantitative estimate of drug-likeness (QED) is 0.544. The van der Waals surface area contributed by atoms with Crippen LogP contribution in [0.1, 0.15) is 18.5 Å². The highest BCUT2D eigenvalue weighted by Gasteiger charge is 2.24. The van der Waals surface area contributed by atoms with E-state index in [2.05, 4.69) is 10.1 Å². The van der Waals surface area contributed by atoms with E-state index in [9.17, 15) is 9.90 Å². The molecule has 0 saturated carbocycles. The molecule has 2 aromatic rings. The Morgan fingerprint density at radius 2 is 2.22 bits per heavy atom. The predicted molar refractivity (Wildman–Crippen MR) is 101 cm³/mol. The first kappa shape index (κ1) is 16.5. The third-order valence-electron chi connectivity index (χ3n) is 5.04. The van der Waals surface area contributed by atoms with Crippen LogP contribution < -0.4 is 10.7 Å². The van der Waals surface area contributed by atoms with Crippen molar-refractivity contribution in [2.75, 3.05) is 6.61 Å². The molecule has 1 aromatic carbocycles. The highest BCUT2D eigenvalue weighted by atomic mass is 32.1. The van der Waals surface area contributed by atoms with E-state index < -0.39 is 0 Å². The number of hydrogen-bond donors (Lipinski definition) is 0. The summed E-state index contributed by atoms with van der Waals surface area (Å²) in [6.45, 7) is 2.99. The number of hydrogen-bond acceptors (Lipinski definition) is 6. The number of pyridine rings is 1. The zero-order valence-corrected chi connectivity index (χ0v) is 15.5. The monoisotopic (exact) mass is 381 g/mol. The topological polar surface area (TPSA) is 85.0 Å². The Morgan fingerprint density at radius 3 is 3.00 bits per heavy atom. The third kappa shape index (κ3) is 2.64. The normalized spacial score (nSPS) is 17.3. The fourth-order valence-corrected chi connectivity index (χ4v) is 4.57. The molecule has 5 rings (SSSR count). The molecule has 0 N–H and O–H groups in total. The van der Waals surface area contributed by atoms with Gasteiger partial charge in [0.1, 0.15) is 0 Å². The molecule has 27 heavy (non-hydrogen) atoms. The van der Waals surface area contributed by atoms with Crippen molar-refractivity contribution in [3.8, 4) is 22.3 Å². The van der Waals surface area contributed by atoms with Crippen molar-refractivity contribution in [1.29, 1.82) is 0 Å². The van der Waals surface area contributed by atoms with E-state index in [-0.39, 0.29) is 17.5 Å². The van der Waals surface area contributed by atoms with E-state index in [0.29, 0.717) is 28.6 Å². The van der Waals surface area contributed by atoms with Gasteiger partial charge in [-0.2, -0.15) is 9.78 Å². The van der Waals surface area contributed by atoms with Crippen LogP contribution in [0.15, 0.2) is 35.1 Å². The van der Waals surface area contributed by atoms with Crippen LogP contribution >= 0.6 is 11.3 Å². The van der Waals surface area contributed by atoms with Crippen molar-refractivity contribution in [3.63, 3.8) is 0 Å². The van der Waals surface area contributed by atoms with Gasteiger partial charge in [0.15, 0.2) is 0 Å². The van der Waals surface area contributed by atoms with Crippen molar-refractivity contribution in [2.45, 2.75) is 32.4 Å². The van der Waals surface area contributed by atoms with Crippen molar-refractivity contribution in [2.24, 2.45) is 0 Å². The molecule has 0 radical (unpaired) electrons. The fourth-order valence-electron chi connectivity index (χ4n) is 3.65. The molecular weight excluding hydrogens is 364 g/mol. The average Bonchev–Trinajstić information content (AvgIpc) is 3.37. The molecule has 7 nitrogen and oxygen atoms in total. The molecule has 0 amide bonds. The number of nitrogens with zero attached hydrogens (tertiary/aromatic N) is 4. The van der Waals surface area contributed by atoms with Crippen molar-refractivity contribution < 1.29 is 9.84 Å². The molecule has 3 aliphatic heterocycles. The van der Waals surface area contributed by atoms with Crippen molar-refractivity contribution in [3.05, 3.63) is 46.4 Å². The lowest BCUT2D eigenvalue weighted by Gasteiger charge is -2.24. The van der Waals surface area contributed by atoms with Gasteiger partial charge in [0.2, 0.25) is 5.13 Å². The Balaban J connectivity index is 1.65.